The van der Waals surface area contributed by atoms with E-state index in [1.54, 1.807) is 6.07 Å². The maximum Gasteiger partial charge on any atom is 0.178 e. The second-order valence-corrected chi connectivity index (χ2v) is 5.53. The molecule has 0 amide bonds. The molecule has 0 saturated heterocycles. The second kappa shape index (κ2) is 17.8. The molecule has 1 aromatic heterocycles. The van der Waals surface area contributed by atoms with E-state index in [1.165, 1.54) is 13.3 Å². The van der Waals surface area contributed by atoms with Gasteiger partial charge in [-0.15, -0.1) is 0 Å². The number of aromatic nitrogens is 2. The van der Waals surface area contributed by atoms with Crippen LogP contribution in [0.15, 0.2) is 12.4 Å². The number of anilines is 1. The molecule has 8 heteroatoms. The molecule has 0 radical (unpaired) electrons. The minimum atomic E-state index is -0.0877. The van der Waals surface area contributed by atoms with Crippen LogP contribution >= 0.6 is 0 Å². The van der Waals surface area contributed by atoms with Gasteiger partial charge in [0, 0.05) is 21.0 Å². The molecule has 0 aliphatic heterocycles. The van der Waals surface area contributed by atoms with Gasteiger partial charge >= 0.3 is 0 Å². The number of rotatable bonds is 15. The van der Waals surface area contributed by atoms with Gasteiger partial charge in [-0.3, -0.25) is 4.79 Å². The van der Waals surface area contributed by atoms with Crippen LogP contribution in [-0.4, -0.2) is 74.6 Å². The molecule has 0 aliphatic rings. The van der Waals surface area contributed by atoms with Crippen LogP contribution in [0, 0.1) is 0 Å². The topological polar surface area (TPSA) is 91.8 Å². The van der Waals surface area contributed by atoms with E-state index in [0.717, 1.165) is 0 Å². The first-order valence-corrected chi connectivity index (χ1v) is 9.51. The van der Waals surface area contributed by atoms with E-state index in [-0.39, 0.29) is 13.3 Å². The van der Waals surface area contributed by atoms with Gasteiger partial charge in [-0.05, 0) is 13.8 Å². The molecule has 1 aromatic rings. The van der Waals surface area contributed by atoms with Crippen molar-refractivity contribution in [2.24, 2.45) is 0 Å². The van der Waals surface area contributed by atoms with Crippen LogP contribution in [-0.2, 0) is 18.9 Å². The van der Waals surface area contributed by atoms with Crippen molar-refractivity contribution in [1.82, 2.24) is 9.97 Å². The van der Waals surface area contributed by atoms with Gasteiger partial charge in [-0.25, -0.2) is 9.97 Å². The summed E-state index contributed by atoms with van der Waals surface area (Å²) in [5.41, 5.74) is 0.393. The zero-order chi connectivity index (χ0) is 20.3. The van der Waals surface area contributed by atoms with Gasteiger partial charge in [0.2, 0.25) is 0 Å². The lowest BCUT2D eigenvalue weighted by atomic mass is 10.3. The van der Waals surface area contributed by atoms with Gasteiger partial charge in [-0.2, -0.15) is 0 Å². The first-order valence-electron chi connectivity index (χ1n) is 9.51. The van der Waals surface area contributed by atoms with Gasteiger partial charge in [0.25, 0.3) is 0 Å². The maximum absolute atomic E-state index is 11.2. The third-order valence-electron chi connectivity index (χ3n) is 3.00. The fourth-order valence-corrected chi connectivity index (χ4v) is 1.78. The molecule has 1 rings (SSSR count). The summed E-state index contributed by atoms with van der Waals surface area (Å²) in [6.45, 7) is 13.9. The fourth-order valence-electron chi connectivity index (χ4n) is 1.78. The highest BCUT2D eigenvalue weighted by atomic mass is 16.6. The average Bonchev–Trinajstić information content (AvgIpc) is 2.67. The smallest absolute Gasteiger partial charge is 0.178 e. The monoisotopic (exact) mass is 387 g/mol. The number of nitrogens with zero attached hydrogens (tertiary/aromatic N) is 2. The maximum atomic E-state index is 11.2. The molecule has 0 atom stereocenters. The second-order valence-electron chi connectivity index (χ2n) is 5.53. The third kappa shape index (κ3) is 15.2. The zero-order valence-corrected chi connectivity index (χ0v) is 17.3. The molecular weight excluding hydrogens is 350 g/mol. The van der Waals surface area contributed by atoms with Crippen molar-refractivity contribution in [3.8, 4) is 0 Å². The number of hydrogen-bond donors (Lipinski definition) is 1. The quantitative estimate of drug-likeness (QED) is 0.363. The normalized spacial score (nSPS) is 10.4. The molecule has 0 spiro atoms. The lowest BCUT2D eigenvalue weighted by Gasteiger charge is -2.09. The fraction of sp³-hybridized carbons (Fsp3) is 0.737. The number of ketones is 1. The van der Waals surface area contributed by atoms with E-state index in [9.17, 15) is 4.79 Å². The van der Waals surface area contributed by atoms with Crippen molar-refractivity contribution >= 4 is 11.6 Å². The number of hydrogen-bond acceptors (Lipinski definition) is 8. The number of Topliss-reactive ketones (excluding diaryl/α,β-unsaturated/α-hetero) is 1. The van der Waals surface area contributed by atoms with Crippen LogP contribution in [0.2, 0.25) is 0 Å². The Bertz CT molecular complexity index is 492. The molecular formula is C19H37N3O5. The predicted molar refractivity (Wildman–Crippen MR) is 108 cm³/mol. The molecule has 1 N–H and O–H groups in total. The molecule has 0 fully saturated rings. The van der Waals surface area contributed by atoms with Crippen LogP contribution in [0.3, 0.4) is 0 Å². The highest BCUT2D eigenvalue weighted by Crippen LogP contribution is 2.03. The summed E-state index contributed by atoms with van der Waals surface area (Å²) in [4.78, 5) is 19.2. The summed E-state index contributed by atoms with van der Waals surface area (Å²) < 4.78 is 21.6. The summed E-state index contributed by atoms with van der Waals surface area (Å²) >= 11 is 0. The number of nitrogens with one attached hydrogen (secondary N) is 1. The molecule has 0 bridgehead atoms. The highest BCUT2D eigenvalue weighted by Gasteiger charge is 2.02. The molecule has 158 valence electrons. The zero-order valence-electron chi connectivity index (χ0n) is 17.3. The average molecular weight is 388 g/mol. The SMILES string of the molecule is CC.CC(=O)c1cc(NCCOCCOCCOCCOC(C)C)ncn1.[HH]. The Balaban J connectivity index is 0. The van der Waals surface area contributed by atoms with E-state index >= 15 is 0 Å². The Hall–Kier alpha value is -1.61. The van der Waals surface area contributed by atoms with Crippen LogP contribution in [0.4, 0.5) is 5.82 Å². The lowest BCUT2D eigenvalue weighted by molar-refractivity contribution is -0.0110. The lowest BCUT2D eigenvalue weighted by Crippen LogP contribution is -2.15. The minimum Gasteiger partial charge on any atom is -0.377 e. The number of carbonyl (C=O) groups is 1. The standard InChI is InChI=1S/C17H29N3O5.C2H6.H2/c1-14(2)25-11-10-24-9-8-23-7-6-22-5-4-18-17-12-16(15(3)21)19-13-20-17;1-2;/h12-14H,4-11H2,1-3H3,(H,18,19,20);1-2H3;1H. The Morgan fingerprint density at radius 2 is 1.56 bits per heavy atom. The minimum absolute atomic E-state index is 0. The van der Waals surface area contributed by atoms with E-state index in [0.29, 0.717) is 64.3 Å². The van der Waals surface area contributed by atoms with Crippen molar-refractivity contribution in [1.29, 1.82) is 0 Å². The molecule has 0 aromatic carbocycles. The van der Waals surface area contributed by atoms with Crippen LogP contribution in [0.5, 0.6) is 0 Å². The largest absolute Gasteiger partial charge is 0.377 e. The molecule has 0 aliphatic carbocycles. The number of ether oxygens (including phenoxy) is 4. The summed E-state index contributed by atoms with van der Waals surface area (Å²) in [5, 5.41) is 3.08. The Labute approximate surface area is 164 Å². The van der Waals surface area contributed by atoms with E-state index in [4.69, 9.17) is 18.9 Å². The summed E-state index contributed by atoms with van der Waals surface area (Å²) in [5.74, 6) is 0.522. The van der Waals surface area contributed by atoms with Crippen LogP contribution in [0.1, 0.15) is 46.5 Å². The van der Waals surface area contributed by atoms with Crippen molar-refractivity contribution < 1.29 is 25.2 Å². The highest BCUT2D eigenvalue weighted by molar-refractivity contribution is 5.92. The van der Waals surface area contributed by atoms with Crippen molar-refractivity contribution in [3.05, 3.63) is 18.1 Å². The van der Waals surface area contributed by atoms with Gasteiger partial charge in [0.05, 0.1) is 52.4 Å². The number of carbonyl (C=O) groups excluding carboxylic acids is 1. The molecule has 1 heterocycles. The summed E-state index contributed by atoms with van der Waals surface area (Å²) in [6.07, 6.45) is 1.60. The molecule has 27 heavy (non-hydrogen) atoms. The van der Waals surface area contributed by atoms with Gasteiger partial charge < -0.3 is 24.3 Å². The molecule has 0 saturated carbocycles. The van der Waals surface area contributed by atoms with Crippen LogP contribution < -0.4 is 5.32 Å². The van der Waals surface area contributed by atoms with Crippen molar-refractivity contribution in [2.45, 2.75) is 40.7 Å². The first-order chi connectivity index (χ1) is 13.1. The van der Waals surface area contributed by atoms with E-state index < -0.39 is 0 Å². The van der Waals surface area contributed by atoms with Crippen LogP contribution in [0.25, 0.3) is 0 Å². The van der Waals surface area contributed by atoms with E-state index in [1.807, 2.05) is 27.7 Å². The predicted octanol–water partition coefficient (Wildman–Crippen LogP) is 2.84. The summed E-state index contributed by atoms with van der Waals surface area (Å²) in [6, 6.07) is 1.62. The molecule has 0 unspecified atom stereocenters. The van der Waals surface area contributed by atoms with Crippen molar-refractivity contribution in [3.63, 3.8) is 0 Å². The van der Waals surface area contributed by atoms with E-state index in [2.05, 4.69) is 15.3 Å². The Kier molecular flexibility index (Phi) is 16.7. The van der Waals surface area contributed by atoms with Crippen molar-refractivity contribution in [2.75, 3.05) is 58.1 Å². The van der Waals surface area contributed by atoms with Gasteiger partial charge in [0.1, 0.15) is 17.8 Å². The van der Waals surface area contributed by atoms with Gasteiger partial charge in [-0.1, -0.05) is 13.8 Å². The Morgan fingerprint density at radius 3 is 2.11 bits per heavy atom. The first kappa shape index (κ1) is 25.4. The third-order valence-corrected chi connectivity index (χ3v) is 3.00. The van der Waals surface area contributed by atoms with Gasteiger partial charge in [0.15, 0.2) is 5.78 Å². The molecule has 8 nitrogen and oxygen atoms in total. The summed E-state index contributed by atoms with van der Waals surface area (Å²) in [7, 11) is 0. The Morgan fingerprint density at radius 1 is 1.00 bits per heavy atom.